The standard InChI is InChI=1S/C12H15Cl2NO4S/c1-12(2,3)19-11(18)15-7(5-9(16)17)6-4-8(13)20-10(6)14/h4,7H,5H2,1-3H3,(H,15,18)(H,16,17). The van der Waals surface area contributed by atoms with Gasteiger partial charge in [-0.3, -0.25) is 4.79 Å². The van der Waals surface area contributed by atoms with Gasteiger partial charge in [0.1, 0.15) is 5.60 Å². The number of aliphatic carboxylic acids is 1. The van der Waals surface area contributed by atoms with Crippen LogP contribution in [-0.4, -0.2) is 22.8 Å². The van der Waals surface area contributed by atoms with E-state index in [2.05, 4.69) is 5.32 Å². The quantitative estimate of drug-likeness (QED) is 0.865. The van der Waals surface area contributed by atoms with Crippen molar-refractivity contribution < 1.29 is 19.4 Å². The number of hydrogen-bond acceptors (Lipinski definition) is 4. The first-order valence-corrected chi connectivity index (χ1v) is 7.32. The van der Waals surface area contributed by atoms with E-state index in [0.717, 1.165) is 11.3 Å². The summed E-state index contributed by atoms with van der Waals surface area (Å²) in [5.41, 5.74) is -0.205. The molecular formula is C12H15Cl2NO4S. The summed E-state index contributed by atoms with van der Waals surface area (Å²) in [6.45, 7) is 5.15. The molecule has 2 N–H and O–H groups in total. The predicted octanol–water partition coefficient (Wildman–Crippen LogP) is 4.10. The molecule has 0 saturated heterocycles. The van der Waals surface area contributed by atoms with Crippen molar-refractivity contribution in [3.63, 3.8) is 0 Å². The van der Waals surface area contributed by atoms with E-state index in [1.807, 2.05) is 0 Å². The molecule has 1 rings (SSSR count). The smallest absolute Gasteiger partial charge is 0.408 e. The van der Waals surface area contributed by atoms with Crippen LogP contribution in [0.1, 0.15) is 38.8 Å². The minimum Gasteiger partial charge on any atom is -0.481 e. The summed E-state index contributed by atoms with van der Waals surface area (Å²) in [5, 5.41) is 11.4. The third kappa shape index (κ3) is 5.56. The van der Waals surface area contributed by atoms with Gasteiger partial charge in [0.2, 0.25) is 0 Å². The molecule has 20 heavy (non-hydrogen) atoms. The van der Waals surface area contributed by atoms with Gasteiger partial charge in [-0.15, -0.1) is 11.3 Å². The Bertz CT molecular complexity index is 510. The third-order valence-corrected chi connectivity index (χ3v) is 3.65. The van der Waals surface area contributed by atoms with Gasteiger partial charge in [-0.05, 0) is 26.8 Å². The molecule has 0 bridgehead atoms. The topological polar surface area (TPSA) is 75.6 Å². The number of ether oxygens (including phenoxy) is 1. The van der Waals surface area contributed by atoms with Crippen LogP contribution in [0, 0.1) is 0 Å². The van der Waals surface area contributed by atoms with Crippen LogP contribution in [0.3, 0.4) is 0 Å². The second kappa shape index (κ2) is 6.65. The van der Waals surface area contributed by atoms with Gasteiger partial charge in [-0.1, -0.05) is 23.2 Å². The van der Waals surface area contributed by atoms with Crippen LogP contribution in [-0.2, 0) is 9.53 Å². The minimum absolute atomic E-state index is 0.313. The zero-order valence-electron chi connectivity index (χ0n) is 11.2. The molecule has 1 aromatic heterocycles. The van der Waals surface area contributed by atoms with Crippen molar-refractivity contribution in [2.45, 2.75) is 38.8 Å². The van der Waals surface area contributed by atoms with Gasteiger partial charge in [-0.2, -0.15) is 0 Å². The fourth-order valence-electron chi connectivity index (χ4n) is 1.45. The summed E-state index contributed by atoms with van der Waals surface area (Å²) < 4.78 is 5.87. The third-order valence-electron chi connectivity index (χ3n) is 2.13. The Morgan fingerprint density at radius 3 is 2.45 bits per heavy atom. The summed E-state index contributed by atoms with van der Waals surface area (Å²) in [6, 6.07) is 0.748. The molecule has 0 fully saturated rings. The molecule has 5 nitrogen and oxygen atoms in total. The SMILES string of the molecule is CC(C)(C)OC(=O)NC(CC(=O)O)c1cc(Cl)sc1Cl. The van der Waals surface area contributed by atoms with Crippen LogP contribution in [0.2, 0.25) is 8.67 Å². The lowest BCUT2D eigenvalue weighted by Crippen LogP contribution is -2.35. The summed E-state index contributed by atoms with van der Waals surface area (Å²) in [5.74, 6) is -1.07. The summed E-state index contributed by atoms with van der Waals surface area (Å²) in [4.78, 5) is 22.6. The zero-order valence-corrected chi connectivity index (χ0v) is 13.5. The first-order valence-electron chi connectivity index (χ1n) is 5.74. The number of carboxylic acids is 1. The van der Waals surface area contributed by atoms with E-state index in [-0.39, 0.29) is 6.42 Å². The average Bonchev–Trinajstić information content (AvgIpc) is 2.53. The summed E-state index contributed by atoms with van der Waals surface area (Å²) in [6.07, 6.45) is -1.02. The van der Waals surface area contributed by atoms with Crippen LogP contribution < -0.4 is 5.32 Å². The Morgan fingerprint density at radius 1 is 1.45 bits per heavy atom. The van der Waals surface area contributed by atoms with Gasteiger partial charge in [0, 0.05) is 5.56 Å². The van der Waals surface area contributed by atoms with E-state index in [9.17, 15) is 9.59 Å². The molecule has 1 unspecified atom stereocenters. The van der Waals surface area contributed by atoms with E-state index in [0.29, 0.717) is 14.2 Å². The second-order valence-electron chi connectivity index (χ2n) is 5.08. The van der Waals surface area contributed by atoms with Gasteiger partial charge in [0.05, 0.1) is 21.1 Å². The zero-order chi connectivity index (χ0) is 15.5. The Hall–Kier alpha value is -0.980. The number of carboxylic acid groups (broad SMARTS) is 1. The number of hydrogen-bond donors (Lipinski definition) is 2. The molecule has 0 radical (unpaired) electrons. The maximum atomic E-state index is 11.7. The molecule has 0 aliphatic rings. The summed E-state index contributed by atoms with van der Waals surface area (Å²) >= 11 is 12.9. The molecular weight excluding hydrogens is 325 g/mol. The van der Waals surface area contributed by atoms with Crippen LogP contribution in [0.15, 0.2) is 6.07 Å². The molecule has 0 aliphatic heterocycles. The van der Waals surface area contributed by atoms with Gasteiger partial charge in [0.15, 0.2) is 0 Å². The highest BCUT2D eigenvalue weighted by molar-refractivity contribution is 7.20. The van der Waals surface area contributed by atoms with E-state index in [1.165, 1.54) is 0 Å². The van der Waals surface area contributed by atoms with Crippen molar-refractivity contribution in [1.29, 1.82) is 0 Å². The van der Waals surface area contributed by atoms with E-state index < -0.39 is 23.7 Å². The Kier molecular flexibility index (Phi) is 5.68. The molecule has 0 saturated carbocycles. The maximum absolute atomic E-state index is 11.7. The van der Waals surface area contributed by atoms with Crippen LogP contribution in [0.25, 0.3) is 0 Å². The van der Waals surface area contributed by atoms with Gasteiger partial charge in [0.25, 0.3) is 0 Å². The Labute approximate surface area is 130 Å². The fraction of sp³-hybridized carbons (Fsp3) is 0.500. The lowest BCUT2D eigenvalue weighted by molar-refractivity contribution is -0.137. The molecule has 0 aromatic carbocycles. The number of halogens is 2. The first-order chi connectivity index (χ1) is 9.08. The van der Waals surface area contributed by atoms with Crippen LogP contribution in [0.4, 0.5) is 4.79 Å². The summed E-state index contributed by atoms with van der Waals surface area (Å²) in [7, 11) is 0. The predicted molar refractivity (Wildman–Crippen MR) is 78.7 cm³/mol. The normalized spacial score (nSPS) is 12.8. The molecule has 8 heteroatoms. The highest BCUT2D eigenvalue weighted by Gasteiger charge is 2.25. The van der Waals surface area contributed by atoms with E-state index in [1.54, 1.807) is 26.8 Å². The van der Waals surface area contributed by atoms with Crippen molar-refractivity contribution in [1.82, 2.24) is 5.32 Å². The molecule has 1 amide bonds. The highest BCUT2D eigenvalue weighted by atomic mass is 35.5. The lowest BCUT2D eigenvalue weighted by Gasteiger charge is -2.22. The van der Waals surface area contributed by atoms with E-state index in [4.69, 9.17) is 33.0 Å². The highest BCUT2D eigenvalue weighted by Crippen LogP contribution is 2.36. The number of nitrogens with one attached hydrogen (secondary N) is 1. The number of carbonyl (C=O) groups is 2. The van der Waals surface area contributed by atoms with Crippen molar-refractivity contribution in [3.8, 4) is 0 Å². The lowest BCUT2D eigenvalue weighted by atomic mass is 10.1. The first kappa shape index (κ1) is 17.1. The Morgan fingerprint density at radius 2 is 2.05 bits per heavy atom. The van der Waals surface area contributed by atoms with Crippen LogP contribution in [0.5, 0.6) is 0 Å². The van der Waals surface area contributed by atoms with Crippen molar-refractivity contribution in [3.05, 3.63) is 20.3 Å². The van der Waals surface area contributed by atoms with E-state index >= 15 is 0 Å². The molecule has 0 aliphatic carbocycles. The number of thiophene rings is 1. The number of rotatable bonds is 4. The van der Waals surface area contributed by atoms with Crippen LogP contribution >= 0.6 is 34.5 Å². The number of amides is 1. The maximum Gasteiger partial charge on any atom is 0.408 e. The fourth-order valence-corrected chi connectivity index (χ4v) is 3.03. The monoisotopic (exact) mass is 339 g/mol. The second-order valence-corrected chi connectivity index (χ2v) is 7.36. The van der Waals surface area contributed by atoms with Gasteiger partial charge < -0.3 is 15.2 Å². The largest absolute Gasteiger partial charge is 0.481 e. The van der Waals surface area contributed by atoms with Crippen molar-refractivity contribution in [2.75, 3.05) is 0 Å². The van der Waals surface area contributed by atoms with Crippen molar-refractivity contribution in [2.24, 2.45) is 0 Å². The average molecular weight is 340 g/mol. The van der Waals surface area contributed by atoms with Crippen molar-refractivity contribution >= 4 is 46.6 Å². The molecule has 1 atom stereocenters. The number of carbonyl (C=O) groups excluding carboxylic acids is 1. The van der Waals surface area contributed by atoms with Gasteiger partial charge in [-0.25, -0.2) is 4.79 Å². The molecule has 112 valence electrons. The molecule has 0 spiro atoms. The molecule has 1 aromatic rings. The number of alkyl carbamates (subject to hydrolysis) is 1. The minimum atomic E-state index is -1.07. The van der Waals surface area contributed by atoms with Gasteiger partial charge >= 0.3 is 12.1 Å². The molecule has 1 heterocycles. The Balaban J connectivity index is 2.88.